The molecule has 0 unspecified atom stereocenters. The van der Waals surface area contributed by atoms with Crippen LogP contribution in [0, 0.1) is 0 Å². The van der Waals surface area contributed by atoms with Crippen molar-refractivity contribution in [3.63, 3.8) is 0 Å². The fourth-order valence-electron chi connectivity index (χ4n) is 1.64. The van der Waals surface area contributed by atoms with E-state index < -0.39 is 0 Å². The lowest BCUT2D eigenvalue weighted by Gasteiger charge is -2.23. The quantitative estimate of drug-likeness (QED) is 0.679. The largest absolute Gasteiger partial charge is 0.397 e. The van der Waals surface area contributed by atoms with Crippen molar-refractivity contribution in [3.05, 3.63) is 24.3 Å². The molecule has 92 valence electrons. The van der Waals surface area contributed by atoms with Crippen LogP contribution < -0.4 is 16.0 Å². The highest BCUT2D eigenvalue weighted by Gasteiger charge is 2.26. The first-order valence-electron chi connectivity index (χ1n) is 5.75. The maximum Gasteiger partial charge on any atom is 0.322 e. The average Bonchev–Trinajstić information content (AvgIpc) is 3.11. The van der Waals surface area contributed by atoms with Gasteiger partial charge in [-0.1, -0.05) is 12.1 Å². The Hall–Kier alpha value is -1.75. The van der Waals surface area contributed by atoms with Crippen LogP contribution in [0.2, 0.25) is 0 Å². The van der Waals surface area contributed by atoms with Gasteiger partial charge in [-0.3, -0.25) is 4.90 Å². The van der Waals surface area contributed by atoms with E-state index in [1.807, 2.05) is 12.1 Å². The molecule has 5 heteroatoms. The zero-order valence-corrected chi connectivity index (χ0v) is 9.60. The van der Waals surface area contributed by atoms with Crippen molar-refractivity contribution in [2.45, 2.75) is 18.9 Å². The molecule has 2 amide bonds. The predicted molar refractivity (Wildman–Crippen MR) is 66.8 cm³/mol. The number of carbonyl (C=O) groups is 1. The topological polar surface area (TPSA) is 78.6 Å². The standard InChI is InChI=1S/C12H17N3O2/c13-10-3-1-2-4-11(10)15(7-8-16)12(17)14-9-5-6-9/h1-4,9,16H,5-8,13H2,(H,14,17). The number of anilines is 2. The number of aliphatic hydroxyl groups is 1. The van der Waals surface area contributed by atoms with Crippen LogP contribution in [-0.2, 0) is 0 Å². The second-order valence-electron chi connectivity index (χ2n) is 4.16. The van der Waals surface area contributed by atoms with Crippen molar-refractivity contribution in [1.29, 1.82) is 0 Å². The third-order valence-electron chi connectivity index (χ3n) is 2.70. The summed E-state index contributed by atoms with van der Waals surface area (Å²) in [7, 11) is 0. The Morgan fingerprint density at radius 3 is 2.76 bits per heavy atom. The molecule has 0 radical (unpaired) electrons. The van der Waals surface area contributed by atoms with Crippen LogP contribution in [-0.4, -0.2) is 30.3 Å². The molecule has 0 atom stereocenters. The summed E-state index contributed by atoms with van der Waals surface area (Å²) in [5.41, 5.74) is 7.01. The molecule has 0 saturated heterocycles. The summed E-state index contributed by atoms with van der Waals surface area (Å²) in [6, 6.07) is 7.24. The molecule has 1 saturated carbocycles. The van der Waals surface area contributed by atoms with Crippen molar-refractivity contribution in [2.24, 2.45) is 0 Å². The molecule has 2 rings (SSSR count). The Labute approximate surface area is 100 Å². The van der Waals surface area contributed by atoms with Gasteiger partial charge in [-0.15, -0.1) is 0 Å². The molecule has 17 heavy (non-hydrogen) atoms. The molecule has 1 aromatic carbocycles. The number of urea groups is 1. The van der Waals surface area contributed by atoms with Crippen molar-refractivity contribution < 1.29 is 9.90 Å². The van der Waals surface area contributed by atoms with Gasteiger partial charge in [0.2, 0.25) is 0 Å². The Kier molecular flexibility index (Phi) is 3.49. The van der Waals surface area contributed by atoms with Gasteiger partial charge in [-0.25, -0.2) is 4.79 Å². The van der Waals surface area contributed by atoms with E-state index in [2.05, 4.69) is 5.32 Å². The molecule has 0 aliphatic heterocycles. The lowest BCUT2D eigenvalue weighted by molar-refractivity contribution is 0.241. The van der Waals surface area contributed by atoms with Gasteiger partial charge in [0.1, 0.15) is 0 Å². The molecule has 1 aromatic rings. The lowest BCUT2D eigenvalue weighted by Crippen LogP contribution is -2.42. The minimum absolute atomic E-state index is 0.0909. The Bertz CT molecular complexity index is 404. The minimum atomic E-state index is -0.195. The second-order valence-corrected chi connectivity index (χ2v) is 4.16. The number of nitrogens with two attached hydrogens (primary N) is 1. The minimum Gasteiger partial charge on any atom is -0.397 e. The molecule has 0 bridgehead atoms. The van der Waals surface area contributed by atoms with Crippen molar-refractivity contribution in [2.75, 3.05) is 23.8 Å². The maximum atomic E-state index is 12.0. The van der Waals surface area contributed by atoms with E-state index in [0.717, 1.165) is 12.8 Å². The third-order valence-corrected chi connectivity index (χ3v) is 2.70. The smallest absolute Gasteiger partial charge is 0.322 e. The van der Waals surface area contributed by atoms with E-state index in [4.69, 9.17) is 10.8 Å². The number of nitrogen functional groups attached to an aromatic ring is 1. The van der Waals surface area contributed by atoms with Crippen molar-refractivity contribution >= 4 is 17.4 Å². The summed E-state index contributed by atoms with van der Waals surface area (Å²) < 4.78 is 0. The predicted octanol–water partition coefficient (Wildman–Crippen LogP) is 0.939. The van der Waals surface area contributed by atoms with Gasteiger partial charge in [-0.2, -0.15) is 0 Å². The van der Waals surface area contributed by atoms with Gasteiger partial charge in [0, 0.05) is 6.04 Å². The van der Waals surface area contributed by atoms with Gasteiger partial charge in [0.05, 0.1) is 24.5 Å². The van der Waals surface area contributed by atoms with Crippen LogP contribution in [0.25, 0.3) is 0 Å². The van der Waals surface area contributed by atoms with Crippen molar-refractivity contribution in [1.82, 2.24) is 5.32 Å². The van der Waals surface area contributed by atoms with E-state index in [1.165, 1.54) is 4.90 Å². The summed E-state index contributed by atoms with van der Waals surface area (Å²) in [6.45, 7) is 0.152. The Morgan fingerprint density at radius 2 is 2.18 bits per heavy atom. The molecule has 1 fully saturated rings. The van der Waals surface area contributed by atoms with Gasteiger partial charge in [-0.05, 0) is 25.0 Å². The first-order chi connectivity index (χ1) is 8.22. The number of rotatable bonds is 4. The SMILES string of the molecule is Nc1ccccc1N(CCO)C(=O)NC1CC1. The van der Waals surface area contributed by atoms with Gasteiger partial charge in [0.25, 0.3) is 0 Å². The molecular weight excluding hydrogens is 218 g/mol. The molecule has 5 nitrogen and oxygen atoms in total. The summed E-state index contributed by atoms with van der Waals surface area (Å²) in [5, 5.41) is 11.9. The highest BCUT2D eigenvalue weighted by Crippen LogP contribution is 2.24. The molecule has 0 aromatic heterocycles. The monoisotopic (exact) mass is 235 g/mol. The lowest BCUT2D eigenvalue weighted by atomic mass is 10.2. The number of hydrogen-bond donors (Lipinski definition) is 3. The van der Waals surface area contributed by atoms with Gasteiger partial charge in [0.15, 0.2) is 0 Å². The van der Waals surface area contributed by atoms with Crippen LogP contribution >= 0.6 is 0 Å². The third kappa shape index (κ3) is 2.88. The van der Waals surface area contributed by atoms with E-state index in [-0.39, 0.29) is 25.2 Å². The zero-order chi connectivity index (χ0) is 12.3. The number of carbonyl (C=O) groups excluding carboxylic acids is 1. The molecule has 0 heterocycles. The average molecular weight is 235 g/mol. The van der Waals surface area contributed by atoms with E-state index >= 15 is 0 Å². The number of amides is 2. The summed E-state index contributed by atoms with van der Waals surface area (Å²) in [5.74, 6) is 0. The summed E-state index contributed by atoms with van der Waals surface area (Å²) in [4.78, 5) is 13.5. The molecular formula is C12H17N3O2. The fraction of sp³-hybridized carbons (Fsp3) is 0.417. The molecule has 0 spiro atoms. The Morgan fingerprint density at radius 1 is 1.47 bits per heavy atom. The zero-order valence-electron chi connectivity index (χ0n) is 9.60. The number of para-hydroxylation sites is 2. The normalized spacial score (nSPS) is 14.4. The van der Waals surface area contributed by atoms with Crippen LogP contribution in [0.3, 0.4) is 0 Å². The molecule has 4 N–H and O–H groups in total. The summed E-state index contributed by atoms with van der Waals surface area (Å²) >= 11 is 0. The van der Waals surface area contributed by atoms with Crippen LogP contribution in [0.15, 0.2) is 24.3 Å². The van der Waals surface area contributed by atoms with Gasteiger partial charge >= 0.3 is 6.03 Å². The van der Waals surface area contributed by atoms with E-state index in [1.54, 1.807) is 12.1 Å². The highest BCUT2D eigenvalue weighted by molar-refractivity contribution is 5.95. The maximum absolute atomic E-state index is 12.0. The number of nitrogens with zero attached hydrogens (tertiary/aromatic N) is 1. The molecule has 1 aliphatic rings. The number of hydrogen-bond acceptors (Lipinski definition) is 3. The first-order valence-corrected chi connectivity index (χ1v) is 5.75. The number of benzene rings is 1. The van der Waals surface area contributed by atoms with Crippen LogP contribution in [0.4, 0.5) is 16.2 Å². The second kappa shape index (κ2) is 5.05. The van der Waals surface area contributed by atoms with Gasteiger partial charge < -0.3 is 16.2 Å². The van der Waals surface area contributed by atoms with Crippen LogP contribution in [0.5, 0.6) is 0 Å². The number of nitrogens with one attached hydrogen (secondary N) is 1. The van der Waals surface area contributed by atoms with Crippen LogP contribution in [0.1, 0.15) is 12.8 Å². The number of aliphatic hydroxyl groups excluding tert-OH is 1. The molecule has 1 aliphatic carbocycles. The van der Waals surface area contributed by atoms with E-state index in [9.17, 15) is 4.79 Å². The first kappa shape index (κ1) is 11.7. The fourth-order valence-corrected chi connectivity index (χ4v) is 1.64. The summed E-state index contributed by atoms with van der Waals surface area (Å²) in [6.07, 6.45) is 2.06. The highest BCUT2D eigenvalue weighted by atomic mass is 16.3. The Balaban J connectivity index is 2.15. The van der Waals surface area contributed by atoms with Crippen molar-refractivity contribution in [3.8, 4) is 0 Å². The van der Waals surface area contributed by atoms with E-state index in [0.29, 0.717) is 11.4 Å².